The van der Waals surface area contributed by atoms with Crippen molar-refractivity contribution in [1.82, 2.24) is 0 Å². The van der Waals surface area contributed by atoms with Crippen molar-refractivity contribution < 1.29 is 22.7 Å². The van der Waals surface area contributed by atoms with Gasteiger partial charge in [-0.1, -0.05) is 54.9 Å². The Morgan fingerprint density at radius 1 is 1.11 bits per heavy atom. The average Bonchev–Trinajstić information content (AvgIpc) is 2.66. The van der Waals surface area contributed by atoms with Crippen molar-refractivity contribution in [2.24, 2.45) is 0 Å². The van der Waals surface area contributed by atoms with Crippen LogP contribution in [-0.2, 0) is 11.0 Å². The van der Waals surface area contributed by atoms with Crippen molar-refractivity contribution in [3.05, 3.63) is 71.2 Å². The largest absolute Gasteiger partial charge is 0.480 e. The van der Waals surface area contributed by atoms with E-state index in [4.69, 9.17) is 16.3 Å². The third kappa shape index (κ3) is 4.39. The molecule has 3 aromatic carbocycles. The summed E-state index contributed by atoms with van der Waals surface area (Å²) in [7, 11) is 0. The highest BCUT2D eigenvalue weighted by Gasteiger charge is 2.33. The van der Waals surface area contributed by atoms with Crippen LogP contribution in [0.25, 0.3) is 10.8 Å². The second kappa shape index (κ2) is 8.10. The van der Waals surface area contributed by atoms with Gasteiger partial charge in [0.25, 0.3) is 5.91 Å². The Bertz CT molecular complexity index is 999. The number of fused-ring (bicyclic) bond motifs is 1. The lowest BCUT2D eigenvalue weighted by Gasteiger charge is -2.19. The molecular weight excluding hydrogens is 391 g/mol. The summed E-state index contributed by atoms with van der Waals surface area (Å²) in [6, 6.07) is 16.3. The standard InChI is InChI=1S/C21H17ClF3NO2/c1-2-18(28-19-9-5-7-13-6-3-4-8-15(13)19)20(27)26-14-10-11-17(22)16(12-14)21(23,24)25/h3-12,18H,2H2,1H3,(H,26,27)/t18-/m0/s1. The van der Waals surface area contributed by atoms with Crippen LogP contribution in [0.15, 0.2) is 60.7 Å². The summed E-state index contributed by atoms with van der Waals surface area (Å²) in [4.78, 5) is 12.6. The Morgan fingerprint density at radius 3 is 2.54 bits per heavy atom. The number of carbonyl (C=O) groups excluding carboxylic acids is 1. The highest BCUT2D eigenvalue weighted by atomic mass is 35.5. The van der Waals surface area contributed by atoms with Crippen LogP contribution in [0.5, 0.6) is 5.75 Å². The molecule has 146 valence electrons. The summed E-state index contributed by atoms with van der Waals surface area (Å²) in [6.45, 7) is 1.76. The zero-order chi connectivity index (χ0) is 20.3. The van der Waals surface area contributed by atoms with Gasteiger partial charge in [-0.15, -0.1) is 0 Å². The Kier molecular flexibility index (Phi) is 5.79. The molecule has 3 aromatic rings. The van der Waals surface area contributed by atoms with Crippen LogP contribution in [0.4, 0.5) is 18.9 Å². The minimum atomic E-state index is -4.61. The molecule has 3 nitrogen and oxygen atoms in total. The van der Waals surface area contributed by atoms with E-state index in [1.165, 1.54) is 6.07 Å². The van der Waals surface area contributed by atoms with Gasteiger partial charge >= 0.3 is 6.18 Å². The molecule has 0 aliphatic heterocycles. The topological polar surface area (TPSA) is 38.3 Å². The second-order valence-electron chi connectivity index (χ2n) is 6.17. The summed E-state index contributed by atoms with van der Waals surface area (Å²) >= 11 is 5.61. The molecule has 28 heavy (non-hydrogen) atoms. The van der Waals surface area contributed by atoms with Crippen molar-refractivity contribution >= 4 is 34.0 Å². The Morgan fingerprint density at radius 2 is 1.82 bits per heavy atom. The van der Waals surface area contributed by atoms with E-state index in [9.17, 15) is 18.0 Å². The molecule has 1 N–H and O–H groups in total. The maximum absolute atomic E-state index is 13.0. The highest BCUT2D eigenvalue weighted by molar-refractivity contribution is 6.31. The van der Waals surface area contributed by atoms with Gasteiger partial charge in [-0.3, -0.25) is 4.79 Å². The first-order chi connectivity index (χ1) is 13.3. The number of hydrogen-bond donors (Lipinski definition) is 1. The fraction of sp³-hybridized carbons (Fsp3) is 0.190. The van der Waals surface area contributed by atoms with Gasteiger partial charge in [-0.2, -0.15) is 13.2 Å². The second-order valence-corrected chi connectivity index (χ2v) is 6.58. The fourth-order valence-electron chi connectivity index (χ4n) is 2.82. The van der Waals surface area contributed by atoms with Gasteiger partial charge in [0.15, 0.2) is 6.10 Å². The Balaban J connectivity index is 1.81. The summed E-state index contributed by atoms with van der Waals surface area (Å²) in [5, 5.41) is 3.86. The van der Waals surface area contributed by atoms with Crippen molar-refractivity contribution in [3.63, 3.8) is 0 Å². The Hall–Kier alpha value is -2.73. The molecule has 0 saturated heterocycles. The van der Waals surface area contributed by atoms with Crippen LogP contribution >= 0.6 is 11.6 Å². The Labute approximate surface area is 165 Å². The van der Waals surface area contributed by atoms with Crippen molar-refractivity contribution in [1.29, 1.82) is 0 Å². The zero-order valence-corrected chi connectivity index (χ0v) is 15.6. The SMILES string of the molecule is CC[C@H](Oc1cccc2ccccc12)C(=O)Nc1ccc(Cl)c(C(F)(F)F)c1. The predicted molar refractivity (Wildman–Crippen MR) is 104 cm³/mol. The van der Waals surface area contributed by atoms with E-state index < -0.39 is 28.8 Å². The van der Waals surface area contributed by atoms with E-state index in [2.05, 4.69) is 5.32 Å². The van der Waals surface area contributed by atoms with Crippen LogP contribution in [0.3, 0.4) is 0 Å². The van der Waals surface area contributed by atoms with Gasteiger partial charge in [0.05, 0.1) is 10.6 Å². The van der Waals surface area contributed by atoms with E-state index in [-0.39, 0.29) is 5.69 Å². The molecule has 7 heteroatoms. The number of nitrogens with one attached hydrogen (secondary N) is 1. The maximum atomic E-state index is 13.0. The van der Waals surface area contributed by atoms with E-state index in [1.807, 2.05) is 36.4 Å². The first-order valence-electron chi connectivity index (χ1n) is 8.61. The minimum Gasteiger partial charge on any atom is -0.480 e. The van der Waals surface area contributed by atoms with E-state index in [0.29, 0.717) is 12.2 Å². The normalized spacial score (nSPS) is 12.6. The number of rotatable bonds is 5. The lowest BCUT2D eigenvalue weighted by molar-refractivity contribution is -0.137. The van der Waals surface area contributed by atoms with Gasteiger partial charge in [0.1, 0.15) is 5.75 Å². The van der Waals surface area contributed by atoms with Gasteiger partial charge in [0.2, 0.25) is 0 Å². The van der Waals surface area contributed by atoms with Gasteiger partial charge in [-0.05, 0) is 36.1 Å². The molecule has 1 amide bonds. The van der Waals surface area contributed by atoms with Crippen molar-refractivity contribution in [2.45, 2.75) is 25.6 Å². The van der Waals surface area contributed by atoms with Crippen LogP contribution < -0.4 is 10.1 Å². The molecule has 0 fully saturated rings. The van der Waals surface area contributed by atoms with Crippen LogP contribution in [0.2, 0.25) is 5.02 Å². The number of ether oxygens (including phenoxy) is 1. The number of hydrogen-bond acceptors (Lipinski definition) is 2. The number of benzene rings is 3. The molecule has 0 unspecified atom stereocenters. The van der Waals surface area contributed by atoms with Crippen molar-refractivity contribution in [3.8, 4) is 5.75 Å². The lowest BCUT2D eigenvalue weighted by Crippen LogP contribution is -2.32. The number of amides is 1. The zero-order valence-electron chi connectivity index (χ0n) is 14.9. The molecule has 0 spiro atoms. The molecule has 0 radical (unpaired) electrons. The molecule has 0 aliphatic rings. The number of carbonyl (C=O) groups is 1. The minimum absolute atomic E-state index is 0.00157. The van der Waals surface area contributed by atoms with E-state index in [0.717, 1.165) is 22.9 Å². The van der Waals surface area contributed by atoms with Crippen LogP contribution in [0.1, 0.15) is 18.9 Å². The number of alkyl halides is 3. The smallest absolute Gasteiger partial charge is 0.417 e. The molecule has 0 heterocycles. The first-order valence-corrected chi connectivity index (χ1v) is 8.99. The first kappa shape index (κ1) is 20.0. The molecule has 0 aliphatic carbocycles. The number of anilines is 1. The molecular formula is C21H17ClF3NO2. The third-order valence-corrected chi connectivity index (χ3v) is 4.55. The van der Waals surface area contributed by atoms with E-state index in [1.54, 1.807) is 13.0 Å². The van der Waals surface area contributed by atoms with Gasteiger partial charge in [-0.25, -0.2) is 0 Å². The summed E-state index contributed by atoms with van der Waals surface area (Å²) in [5.41, 5.74) is -1.00. The summed E-state index contributed by atoms with van der Waals surface area (Å²) < 4.78 is 44.9. The highest BCUT2D eigenvalue weighted by Crippen LogP contribution is 2.36. The summed E-state index contributed by atoms with van der Waals surface area (Å²) in [6.07, 6.45) is -5.13. The molecule has 3 rings (SSSR count). The van der Waals surface area contributed by atoms with Crippen LogP contribution in [-0.4, -0.2) is 12.0 Å². The molecule has 1 atom stereocenters. The maximum Gasteiger partial charge on any atom is 0.417 e. The number of halogens is 4. The quantitative estimate of drug-likeness (QED) is 0.538. The van der Waals surface area contributed by atoms with Gasteiger partial charge in [0, 0.05) is 11.1 Å². The van der Waals surface area contributed by atoms with Gasteiger partial charge < -0.3 is 10.1 Å². The molecule has 0 bridgehead atoms. The van der Waals surface area contributed by atoms with Crippen molar-refractivity contribution in [2.75, 3.05) is 5.32 Å². The molecule has 0 aromatic heterocycles. The average molecular weight is 408 g/mol. The monoisotopic (exact) mass is 407 g/mol. The van der Waals surface area contributed by atoms with Crippen LogP contribution in [0, 0.1) is 0 Å². The fourth-order valence-corrected chi connectivity index (χ4v) is 3.04. The molecule has 0 saturated carbocycles. The summed E-state index contributed by atoms with van der Waals surface area (Å²) in [5.74, 6) is -0.00179. The third-order valence-electron chi connectivity index (χ3n) is 4.22. The lowest BCUT2D eigenvalue weighted by atomic mass is 10.1. The predicted octanol–water partition coefficient (Wildman–Crippen LogP) is 6.31. The van der Waals surface area contributed by atoms with E-state index >= 15 is 0 Å².